The van der Waals surface area contributed by atoms with E-state index in [-0.39, 0.29) is 5.91 Å². The number of carbonyl (C=O) groups excluding carboxylic acids is 1. The van der Waals surface area contributed by atoms with Crippen LogP contribution in [0.15, 0.2) is 0 Å². The van der Waals surface area contributed by atoms with Gasteiger partial charge >= 0.3 is 0 Å². The van der Waals surface area contributed by atoms with E-state index >= 15 is 0 Å². The monoisotopic (exact) mass is 237 g/mol. The Balaban J connectivity index is 1.98. The van der Waals surface area contributed by atoms with Crippen molar-refractivity contribution in [3.63, 3.8) is 0 Å². The molecule has 0 saturated carbocycles. The molecule has 1 fully saturated rings. The summed E-state index contributed by atoms with van der Waals surface area (Å²) in [5.74, 6) is 1.04. The number of hydrogen-bond acceptors (Lipinski definition) is 4. The molecule has 0 aromatic carbocycles. The van der Waals surface area contributed by atoms with E-state index in [1.165, 1.54) is 0 Å². The lowest BCUT2D eigenvalue weighted by molar-refractivity contribution is 0.0652. The van der Waals surface area contributed by atoms with Gasteiger partial charge in [0.1, 0.15) is 5.82 Å². The summed E-state index contributed by atoms with van der Waals surface area (Å²) in [4.78, 5) is 20.3. The van der Waals surface area contributed by atoms with Gasteiger partial charge in [-0.15, -0.1) is 5.10 Å². The molecular weight excluding hydrogens is 218 g/mol. The predicted octanol–water partition coefficient (Wildman–Crippen LogP) is 0.145. The van der Waals surface area contributed by atoms with E-state index in [2.05, 4.69) is 34.1 Å². The minimum Gasteiger partial charge on any atom is -0.333 e. The van der Waals surface area contributed by atoms with Gasteiger partial charge in [-0.25, -0.2) is 4.98 Å². The summed E-state index contributed by atoms with van der Waals surface area (Å²) in [5, 5.41) is 6.80. The molecule has 2 rings (SSSR count). The number of aromatic nitrogens is 3. The van der Waals surface area contributed by atoms with Gasteiger partial charge in [0.25, 0.3) is 5.91 Å². The van der Waals surface area contributed by atoms with E-state index in [1.54, 1.807) is 0 Å². The molecule has 1 aromatic rings. The summed E-state index contributed by atoms with van der Waals surface area (Å²) >= 11 is 0. The lowest BCUT2D eigenvalue weighted by Gasteiger charge is -2.31. The molecule has 1 aliphatic rings. The van der Waals surface area contributed by atoms with Crippen molar-refractivity contribution in [2.45, 2.75) is 19.8 Å². The molecule has 17 heavy (non-hydrogen) atoms. The van der Waals surface area contributed by atoms with Crippen LogP contribution in [-0.4, -0.2) is 64.1 Å². The number of H-pyrrole nitrogens is 1. The highest BCUT2D eigenvalue weighted by atomic mass is 16.2. The number of hydrogen-bond donors (Lipinski definition) is 1. The maximum atomic E-state index is 12.1. The van der Waals surface area contributed by atoms with Crippen molar-refractivity contribution in [3.05, 3.63) is 11.6 Å². The number of rotatable bonds is 3. The van der Waals surface area contributed by atoms with Crippen molar-refractivity contribution in [3.8, 4) is 0 Å². The lowest BCUT2D eigenvalue weighted by Crippen LogP contribution is -2.47. The molecule has 94 valence electrons. The molecule has 2 heterocycles. The molecular formula is C11H19N5O. The van der Waals surface area contributed by atoms with Crippen molar-refractivity contribution in [1.82, 2.24) is 25.0 Å². The average Bonchev–Trinajstić information content (AvgIpc) is 2.78. The Hall–Kier alpha value is -1.43. The second-order valence-electron chi connectivity index (χ2n) is 4.45. The summed E-state index contributed by atoms with van der Waals surface area (Å²) in [5.41, 5.74) is 0. The molecule has 0 spiro atoms. The number of nitrogens with one attached hydrogen (secondary N) is 1. The number of nitrogens with zero attached hydrogens (tertiary/aromatic N) is 4. The molecule has 1 aliphatic heterocycles. The van der Waals surface area contributed by atoms with Crippen LogP contribution in [0, 0.1) is 0 Å². The molecule has 0 aliphatic carbocycles. The highest BCUT2D eigenvalue weighted by molar-refractivity contribution is 5.90. The highest BCUT2D eigenvalue weighted by Crippen LogP contribution is 2.05. The van der Waals surface area contributed by atoms with Crippen molar-refractivity contribution in [2.24, 2.45) is 0 Å². The molecule has 1 N–H and O–H groups in total. The van der Waals surface area contributed by atoms with Gasteiger partial charge in [-0.05, 0) is 13.5 Å². The molecule has 1 aromatic heterocycles. The van der Waals surface area contributed by atoms with Gasteiger partial charge in [0, 0.05) is 32.6 Å². The zero-order chi connectivity index (χ0) is 12.3. The average molecular weight is 237 g/mol. The zero-order valence-electron chi connectivity index (χ0n) is 10.4. The third kappa shape index (κ3) is 2.82. The van der Waals surface area contributed by atoms with E-state index in [4.69, 9.17) is 0 Å². The number of piperazine rings is 1. The topological polar surface area (TPSA) is 65.1 Å². The maximum absolute atomic E-state index is 12.1. The zero-order valence-corrected chi connectivity index (χ0v) is 10.4. The van der Waals surface area contributed by atoms with E-state index in [0.717, 1.165) is 44.8 Å². The van der Waals surface area contributed by atoms with Crippen LogP contribution in [0.1, 0.15) is 29.8 Å². The largest absolute Gasteiger partial charge is 0.333 e. The first kappa shape index (κ1) is 12.0. The Kier molecular flexibility index (Phi) is 3.73. The molecule has 1 amide bonds. The standard InChI is InChI=1S/C11H19N5O/c1-3-4-9-12-10(14-13-9)11(17)16-7-5-15(2)6-8-16/h3-8H2,1-2H3,(H,12,13,14). The first-order valence-corrected chi connectivity index (χ1v) is 6.09. The fourth-order valence-corrected chi connectivity index (χ4v) is 1.89. The van der Waals surface area contributed by atoms with E-state index < -0.39 is 0 Å². The van der Waals surface area contributed by atoms with Crippen molar-refractivity contribution in [2.75, 3.05) is 33.2 Å². The van der Waals surface area contributed by atoms with Crippen LogP contribution < -0.4 is 0 Å². The molecule has 0 atom stereocenters. The van der Waals surface area contributed by atoms with E-state index in [9.17, 15) is 4.79 Å². The summed E-state index contributed by atoms with van der Waals surface area (Å²) in [7, 11) is 2.06. The van der Waals surface area contributed by atoms with Crippen LogP contribution in [0.5, 0.6) is 0 Å². The quantitative estimate of drug-likeness (QED) is 0.812. The summed E-state index contributed by atoms with van der Waals surface area (Å²) < 4.78 is 0. The Labute approximate surface area is 101 Å². The minimum atomic E-state index is -0.0586. The van der Waals surface area contributed by atoms with Gasteiger partial charge in [-0.1, -0.05) is 6.92 Å². The smallest absolute Gasteiger partial charge is 0.293 e. The van der Waals surface area contributed by atoms with Gasteiger partial charge in [-0.2, -0.15) is 0 Å². The van der Waals surface area contributed by atoms with E-state index in [0.29, 0.717) is 5.82 Å². The molecule has 6 nitrogen and oxygen atoms in total. The van der Waals surface area contributed by atoms with E-state index in [1.807, 2.05) is 4.90 Å². The maximum Gasteiger partial charge on any atom is 0.293 e. The molecule has 6 heteroatoms. The summed E-state index contributed by atoms with van der Waals surface area (Å²) in [6, 6.07) is 0. The fourth-order valence-electron chi connectivity index (χ4n) is 1.89. The van der Waals surface area contributed by atoms with Crippen molar-refractivity contribution < 1.29 is 4.79 Å². The normalized spacial score (nSPS) is 17.4. The second kappa shape index (κ2) is 5.27. The summed E-state index contributed by atoms with van der Waals surface area (Å²) in [6.07, 6.45) is 1.83. The Bertz CT molecular complexity index is 381. The molecule has 1 saturated heterocycles. The Morgan fingerprint density at radius 2 is 2.06 bits per heavy atom. The number of carbonyl (C=O) groups is 1. The number of amides is 1. The fraction of sp³-hybridized carbons (Fsp3) is 0.727. The first-order valence-electron chi connectivity index (χ1n) is 6.09. The van der Waals surface area contributed by atoms with Crippen LogP contribution in [0.3, 0.4) is 0 Å². The van der Waals surface area contributed by atoms with Gasteiger partial charge < -0.3 is 9.80 Å². The predicted molar refractivity (Wildman–Crippen MR) is 63.8 cm³/mol. The van der Waals surface area contributed by atoms with Gasteiger partial charge in [0.15, 0.2) is 0 Å². The van der Waals surface area contributed by atoms with Gasteiger partial charge in [0.05, 0.1) is 0 Å². The van der Waals surface area contributed by atoms with Crippen LogP contribution in [-0.2, 0) is 6.42 Å². The van der Waals surface area contributed by atoms with Crippen LogP contribution in [0.2, 0.25) is 0 Å². The van der Waals surface area contributed by atoms with Gasteiger partial charge in [-0.3, -0.25) is 9.89 Å². The SMILES string of the molecule is CCCc1nc(C(=O)N2CCN(C)CC2)n[nH]1. The molecule has 0 radical (unpaired) electrons. The number of aryl methyl sites for hydroxylation is 1. The van der Waals surface area contributed by atoms with Crippen molar-refractivity contribution in [1.29, 1.82) is 0 Å². The third-order valence-electron chi connectivity index (χ3n) is 3.00. The van der Waals surface area contributed by atoms with Crippen LogP contribution in [0.25, 0.3) is 0 Å². The van der Waals surface area contributed by atoms with Gasteiger partial charge in [0.2, 0.25) is 5.82 Å². The number of aromatic amines is 1. The number of likely N-dealkylation sites (N-methyl/N-ethyl adjacent to an activating group) is 1. The third-order valence-corrected chi connectivity index (χ3v) is 3.00. The molecule has 0 bridgehead atoms. The van der Waals surface area contributed by atoms with Crippen molar-refractivity contribution >= 4 is 5.91 Å². The summed E-state index contributed by atoms with van der Waals surface area (Å²) in [6.45, 7) is 5.42. The lowest BCUT2D eigenvalue weighted by atomic mass is 10.3. The highest BCUT2D eigenvalue weighted by Gasteiger charge is 2.23. The van der Waals surface area contributed by atoms with Crippen LogP contribution >= 0.6 is 0 Å². The second-order valence-corrected chi connectivity index (χ2v) is 4.45. The molecule has 0 unspecified atom stereocenters. The Morgan fingerprint density at radius 3 is 2.71 bits per heavy atom. The minimum absolute atomic E-state index is 0.0586. The Morgan fingerprint density at radius 1 is 1.35 bits per heavy atom. The first-order chi connectivity index (χ1) is 8.20. The van der Waals surface area contributed by atoms with Crippen LogP contribution in [0.4, 0.5) is 0 Å².